The molecule has 10 heteroatoms. The van der Waals surface area contributed by atoms with Crippen molar-refractivity contribution in [1.82, 2.24) is 9.62 Å². The first-order chi connectivity index (χ1) is 15.4. The van der Waals surface area contributed by atoms with E-state index >= 15 is 0 Å². The van der Waals surface area contributed by atoms with Gasteiger partial charge in [0.1, 0.15) is 5.82 Å². The Kier molecular flexibility index (Phi) is 8.29. The van der Waals surface area contributed by atoms with Crippen LogP contribution in [0.15, 0.2) is 48.5 Å². The van der Waals surface area contributed by atoms with Crippen molar-refractivity contribution >= 4 is 21.6 Å². The van der Waals surface area contributed by atoms with Crippen molar-refractivity contribution in [2.75, 3.05) is 57.1 Å². The lowest BCUT2D eigenvalue weighted by molar-refractivity contribution is -0.123. The lowest BCUT2D eigenvalue weighted by atomic mass is 10.2. The number of methoxy groups -OCH3 is 1. The number of carbonyl (C=O) groups excluding carboxylic acids is 1. The van der Waals surface area contributed by atoms with Crippen LogP contribution in [0.1, 0.15) is 6.42 Å². The van der Waals surface area contributed by atoms with E-state index in [2.05, 4.69) is 5.32 Å². The standard InChI is InChI=1S/C22H28FN3O5S/c1-30-20-9-4-5-10-21(20)31-17-22(27)24-11-6-16-32(28,29)26-14-12-25(13-15-26)19-8-3-2-7-18(19)23/h2-5,7-10H,6,11-17H2,1H3,(H,24,27). The number of rotatable bonds is 10. The topological polar surface area (TPSA) is 88.2 Å². The molecule has 0 radical (unpaired) electrons. The first-order valence-electron chi connectivity index (χ1n) is 10.4. The Hall–Kier alpha value is -2.85. The lowest BCUT2D eigenvalue weighted by Crippen LogP contribution is -2.49. The summed E-state index contributed by atoms with van der Waals surface area (Å²) >= 11 is 0. The summed E-state index contributed by atoms with van der Waals surface area (Å²) in [7, 11) is -1.93. The van der Waals surface area contributed by atoms with Gasteiger partial charge in [0.05, 0.1) is 18.6 Å². The number of hydrogen-bond donors (Lipinski definition) is 1. The van der Waals surface area contributed by atoms with Crippen LogP contribution in [0.2, 0.25) is 0 Å². The van der Waals surface area contributed by atoms with Crippen molar-refractivity contribution in [2.45, 2.75) is 6.42 Å². The van der Waals surface area contributed by atoms with E-state index in [1.54, 1.807) is 42.5 Å². The van der Waals surface area contributed by atoms with Crippen LogP contribution in [0.3, 0.4) is 0 Å². The minimum Gasteiger partial charge on any atom is -0.493 e. The Morgan fingerprint density at radius 2 is 1.69 bits per heavy atom. The monoisotopic (exact) mass is 465 g/mol. The number of hydrogen-bond acceptors (Lipinski definition) is 6. The first kappa shape index (κ1) is 23.8. The molecule has 0 unspecified atom stereocenters. The molecule has 174 valence electrons. The van der Waals surface area contributed by atoms with E-state index in [1.807, 2.05) is 4.90 Å². The molecule has 1 fully saturated rings. The molecule has 0 aliphatic carbocycles. The van der Waals surface area contributed by atoms with Gasteiger partial charge in [-0.1, -0.05) is 24.3 Å². The number of halogens is 1. The van der Waals surface area contributed by atoms with Gasteiger partial charge in [0, 0.05) is 32.7 Å². The average molecular weight is 466 g/mol. The molecule has 3 rings (SSSR count). The number of carbonyl (C=O) groups is 1. The number of para-hydroxylation sites is 3. The van der Waals surface area contributed by atoms with Gasteiger partial charge in [-0.2, -0.15) is 4.31 Å². The van der Waals surface area contributed by atoms with Crippen molar-refractivity contribution in [3.05, 3.63) is 54.3 Å². The highest BCUT2D eigenvalue weighted by atomic mass is 32.2. The van der Waals surface area contributed by atoms with E-state index in [4.69, 9.17) is 9.47 Å². The van der Waals surface area contributed by atoms with Crippen LogP contribution in [0, 0.1) is 5.82 Å². The summed E-state index contributed by atoms with van der Waals surface area (Å²) in [5.74, 6) is 0.269. The maximum absolute atomic E-state index is 13.9. The van der Waals surface area contributed by atoms with Crippen molar-refractivity contribution < 1.29 is 27.1 Å². The highest BCUT2D eigenvalue weighted by Crippen LogP contribution is 2.25. The van der Waals surface area contributed by atoms with Gasteiger partial charge in [0.15, 0.2) is 18.1 Å². The zero-order valence-electron chi connectivity index (χ0n) is 18.0. The highest BCUT2D eigenvalue weighted by Gasteiger charge is 2.27. The summed E-state index contributed by atoms with van der Waals surface area (Å²) < 4.78 is 51.2. The van der Waals surface area contributed by atoms with E-state index < -0.39 is 10.0 Å². The van der Waals surface area contributed by atoms with Gasteiger partial charge in [-0.15, -0.1) is 0 Å². The Labute approximate surface area is 188 Å². The highest BCUT2D eigenvalue weighted by molar-refractivity contribution is 7.89. The number of nitrogens with zero attached hydrogens (tertiary/aromatic N) is 2. The molecule has 32 heavy (non-hydrogen) atoms. The number of piperazine rings is 1. The van der Waals surface area contributed by atoms with E-state index in [0.29, 0.717) is 43.4 Å². The molecule has 1 saturated heterocycles. The number of benzene rings is 2. The molecule has 0 bridgehead atoms. The second kappa shape index (κ2) is 11.1. The number of anilines is 1. The first-order valence-corrected chi connectivity index (χ1v) is 12.0. The molecule has 1 aliphatic heterocycles. The van der Waals surface area contributed by atoms with Crippen molar-refractivity contribution in [1.29, 1.82) is 0 Å². The molecule has 1 heterocycles. The molecule has 0 saturated carbocycles. The van der Waals surface area contributed by atoms with Crippen molar-refractivity contribution in [3.8, 4) is 11.5 Å². The number of sulfonamides is 1. The molecule has 0 spiro atoms. The van der Waals surface area contributed by atoms with E-state index in [1.165, 1.54) is 17.5 Å². The molecule has 1 aliphatic rings. The number of amides is 1. The summed E-state index contributed by atoms with van der Waals surface area (Å²) in [5, 5.41) is 2.66. The van der Waals surface area contributed by atoms with E-state index in [9.17, 15) is 17.6 Å². The number of ether oxygens (including phenoxy) is 2. The van der Waals surface area contributed by atoms with E-state index in [0.717, 1.165) is 0 Å². The minimum atomic E-state index is -3.45. The Balaban J connectivity index is 1.37. The van der Waals surface area contributed by atoms with Crippen LogP contribution in [0.5, 0.6) is 11.5 Å². The predicted molar refractivity (Wildman–Crippen MR) is 120 cm³/mol. The van der Waals surface area contributed by atoms with Crippen molar-refractivity contribution in [3.63, 3.8) is 0 Å². The summed E-state index contributed by atoms with van der Waals surface area (Å²) in [4.78, 5) is 13.8. The lowest BCUT2D eigenvalue weighted by Gasteiger charge is -2.35. The van der Waals surface area contributed by atoms with Gasteiger partial charge in [-0.25, -0.2) is 12.8 Å². The smallest absolute Gasteiger partial charge is 0.257 e. The second-order valence-corrected chi connectivity index (χ2v) is 9.39. The predicted octanol–water partition coefficient (Wildman–Crippen LogP) is 1.87. The molecular formula is C22H28FN3O5S. The summed E-state index contributed by atoms with van der Waals surface area (Å²) in [6.07, 6.45) is 0.288. The van der Waals surface area contributed by atoms with Crippen LogP contribution in [0.4, 0.5) is 10.1 Å². The maximum atomic E-state index is 13.9. The summed E-state index contributed by atoms with van der Waals surface area (Å²) in [6, 6.07) is 13.5. The van der Waals surface area contributed by atoms with Crippen LogP contribution in [0.25, 0.3) is 0 Å². The molecule has 0 atom stereocenters. The fraction of sp³-hybridized carbons (Fsp3) is 0.409. The van der Waals surface area contributed by atoms with E-state index in [-0.39, 0.29) is 37.0 Å². The second-order valence-electron chi connectivity index (χ2n) is 7.30. The minimum absolute atomic E-state index is 0.0691. The van der Waals surface area contributed by atoms with Crippen LogP contribution < -0.4 is 19.7 Å². The summed E-state index contributed by atoms with van der Waals surface area (Å²) in [5.41, 5.74) is 0.489. The number of nitrogens with one attached hydrogen (secondary N) is 1. The Bertz CT molecular complexity index is 1010. The molecule has 2 aromatic rings. The van der Waals surface area contributed by atoms with Gasteiger partial charge < -0.3 is 19.7 Å². The normalized spacial score (nSPS) is 14.8. The quantitative estimate of drug-likeness (QED) is 0.539. The van der Waals surface area contributed by atoms with Gasteiger partial charge in [0.25, 0.3) is 5.91 Å². The summed E-state index contributed by atoms with van der Waals surface area (Å²) in [6.45, 7) is 1.49. The Morgan fingerprint density at radius 1 is 1.03 bits per heavy atom. The van der Waals surface area contributed by atoms with Gasteiger partial charge >= 0.3 is 0 Å². The van der Waals surface area contributed by atoms with Crippen LogP contribution in [-0.4, -0.2) is 70.8 Å². The third kappa shape index (κ3) is 6.33. The molecular weight excluding hydrogens is 437 g/mol. The van der Waals surface area contributed by atoms with Crippen molar-refractivity contribution in [2.24, 2.45) is 0 Å². The molecule has 2 aromatic carbocycles. The zero-order chi connectivity index (χ0) is 23.0. The van der Waals surface area contributed by atoms with Gasteiger partial charge in [-0.05, 0) is 30.7 Å². The molecule has 1 amide bonds. The zero-order valence-corrected chi connectivity index (χ0v) is 18.8. The van der Waals surface area contributed by atoms with Gasteiger partial charge in [0.2, 0.25) is 10.0 Å². The molecule has 8 nitrogen and oxygen atoms in total. The SMILES string of the molecule is COc1ccccc1OCC(=O)NCCCS(=O)(=O)N1CCN(c2ccccc2F)CC1. The average Bonchev–Trinajstić information content (AvgIpc) is 2.81. The van der Waals surface area contributed by atoms with Gasteiger partial charge in [-0.3, -0.25) is 4.79 Å². The van der Waals surface area contributed by atoms with Crippen LogP contribution >= 0.6 is 0 Å². The molecule has 1 N–H and O–H groups in total. The fourth-order valence-corrected chi connectivity index (χ4v) is 4.95. The third-order valence-corrected chi connectivity index (χ3v) is 7.11. The third-order valence-electron chi connectivity index (χ3n) is 5.15. The van der Waals surface area contributed by atoms with Crippen LogP contribution in [-0.2, 0) is 14.8 Å². The largest absolute Gasteiger partial charge is 0.493 e. The fourth-order valence-electron chi connectivity index (χ4n) is 3.46. The Morgan fingerprint density at radius 3 is 2.38 bits per heavy atom. The maximum Gasteiger partial charge on any atom is 0.257 e. The molecule has 0 aromatic heterocycles.